The maximum atomic E-state index is 11.7. The van der Waals surface area contributed by atoms with E-state index in [1.165, 1.54) is 19.3 Å². The van der Waals surface area contributed by atoms with Crippen LogP contribution in [0.15, 0.2) is 0 Å². The van der Waals surface area contributed by atoms with Crippen molar-refractivity contribution in [3.05, 3.63) is 0 Å². The number of nitrogens with zero attached hydrogens (tertiary/aromatic N) is 1. The summed E-state index contributed by atoms with van der Waals surface area (Å²) in [5.41, 5.74) is -0.585. The van der Waals surface area contributed by atoms with Gasteiger partial charge in [-0.05, 0) is 33.1 Å². The lowest BCUT2D eigenvalue weighted by Gasteiger charge is -2.27. The minimum absolute atomic E-state index is 0.560. The second kappa shape index (κ2) is 7.49. The Morgan fingerprint density at radius 2 is 2.15 bits per heavy atom. The highest BCUT2D eigenvalue weighted by Crippen LogP contribution is 2.31. The number of hydrogen-bond donors (Lipinski definition) is 2. The Labute approximate surface area is 121 Å². The second-order valence-electron chi connectivity index (χ2n) is 6.55. The number of amides is 1. The van der Waals surface area contributed by atoms with Gasteiger partial charge in [0.25, 0.3) is 0 Å². The van der Waals surface area contributed by atoms with Crippen molar-refractivity contribution in [1.29, 1.82) is 5.26 Å². The van der Waals surface area contributed by atoms with Crippen LogP contribution in [0.4, 0.5) is 4.79 Å². The molecule has 1 aliphatic carbocycles. The van der Waals surface area contributed by atoms with Crippen LogP contribution in [-0.4, -0.2) is 28.9 Å². The van der Waals surface area contributed by atoms with Crippen LogP contribution in [-0.2, 0) is 4.74 Å². The summed E-state index contributed by atoms with van der Waals surface area (Å²) in [6, 6.07) is 1.22. The summed E-state index contributed by atoms with van der Waals surface area (Å²) in [5.74, 6) is 0.788. The molecule has 1 amide bonds. The van der Waals surface area contributed by atoms with E-state index in [1.54, 1.807) is 26.8 Å². The molecular weight excluding hydrogens is 256 g/mol. The summed E-state index contributed by atoms with van der Waals surface area (Å²) in [5, 5.41) is 21.1. The Morgan fingerprint density at radius 3 is 2.60 bits per heavy atom. The molecule has 0 heterocycles. The molecule has 0 spiro atoms. The van der Waals surface area contributed by atoms with Crippen molar-refractivity contribution >= 4 is 6.09 Å². The van der Waals surface area contributed by atoms with Gasteiger partial charge >= 0.3 is 6.09 Å². The highest BCUT2D eigenvalue weighted by molar-refractivity contribution is 5.68. The van der Waals surface area contributed by atoms with E-state index in [2.05, 4.69) is 5.32 Å². The molecule has 0 aromatic carbocycles. The van der Waals surface area contributed by atoms with Gasteiger partial charge in [0, 0.05) is 0 Å². The number of aliphatic hydroxyl groups excluding tert-OH is 1. The van der Waals surface area contributed by atoms with E-state index in [9.17, 15) is 9.90 Å². The lowest BCUT2D eigenvalue weighted by atomic mass is 9.81. The van der Waals surface area contributed by atoms with Gasteiger partial charge in [0.05, 0.1) is 12.1 Å². The van der Waals surface area contributed by atoms with Gasteiger partial charge in [-0.2, -0.15) is 5.26 Å². The normalized spacial score (nSPS) is 18.6. The number of ether oxygens (including phenoxy) is 1. The summed E-state index contributed by atoms with van der Waals surface area (Å²) in [6.45, 7) is 5.33. The number of rotatable bonds is 6. The van der Waals surface area contributed by atoms with Crippen LogP contribution in [0.1, 0.15) is 59.3 Å². The largest absolute Gasteiger partial charge is 0.444 e. The number of nitriles is 1. The van der Waals surface area contributed by atoms with Crippen molar-refractivity contribution in [1.82, 2.24) is 5.32 Å². The van der Waals surface area contributed by atoms with E-state index >= 15 is 0 Å². The van der Waals surface area contributed by atoms with Gasteiger partial charge < -0.3 is 15.2 Å². The quantitative estimate of drug-likeness (QED) is 0.734. The zero-order chi connectivity index (χ0) is 15.2. The molecule has 114 valence electrons. The first kappa shape index (κ1) is 16.8. The molecule has 0 saturated heterocycles. The van der Waals surface area contributed by atoms with Gasteiger partial charge in [0.2, 0.25) is 0 Å². The Morgan fingerprint density at radius 1 is 1.50 bits per heavy atom. The first-order valence-electron chi connectivity index (χ1n) is 7.39. The first-order valence-corrected chi connectivity index (χ1v) is 7.39. The number of carbonyl (C=O) groups excluding carboxylic acids is 1. The van der Waals surface area contributed by atoms with E-state index < -0.39 is 23.8 Å². The zero-order valence-corrected chi connectivity index (χ0v) is 12.7. The average molecular weight is 282 g/mol. The van der Waals surface area contributed by atoms with Crippen LogP contribution in [0.5, 0.6) is 0 Å². The molecule has 20 heavy (non-hydrogen) atoms. The average Bonchev–Trinajstić information content (AvgIpc) is 2.27. The van der Waals surface area contributed by atoms with E-state index in [-0.39, 0.29) is 0 Å². The Balaban J connectivity index is 2.38. The SMILES string of the molecule is CC(C)(C)OC(=O)NC(CCCC1CCC1)C(O)C#N. The summed E-state index contributed by atoms with van der Waals surface area (Å²) in [4.78, 5) is 11.7. The van der Waals surface area contributed by atoms with Crippen LogP contribution in [0, 0.1) is 17.2 Å². The standard InChI is InChI=1S/C15H26N2O3/c1-15(2,3)20-14(19)17-12(13(18)10-16)9-5-8-11-6-4-7-11/h11-13,18H,4-9H2,1-3H3,(H,17,19). The third kappa shape index (κ3) is 6.25. The number of carbonyl (C=O) groups is 1. The number of nitrogens with one attached hydrogen (secondary N) is 1. The molecule has 0 bridgehead atoms. The molecule has 2 unspecified atom stereocenters. The number of aliphatic hydroxyl groups is 1. The monoisotopic (exact) mass is 282 g/mol. The molecule has 0 aliphatic heterocycles. The fraction of sp³-hybridized carbons (Fsp3) is 0.867. The van der Waals surface area contributed by atoms with Gasteiger partial charge in [0.1, 0.15) is 5.60 Å². The van der Waals surface area contributed by atoms with Crippen molar-refractivity contribution in [3.63, 3.8) is 0 Å². The molecule has 1 aliphatic rings. The topological polar surface area (TPSA) is 82.3 Å². The first-order chi connectivity index (χ1) is 9.31. The van der Waals surface area contributed by atoms with Crippen molar-refractivity contribution < 1.29 is 14.6 Å². The van der Waals surface area contributed by atoms with Crippen molar-refractivity contribution in [2.75, 3.05) is 0 Å². The van der Waals surface area contributed by atoms with Gasteiger partial charge in [-0.15, -0.1) is 0 Å². The minimum atomic E-state index is -1.19. The summed E-state index contributed by atoms with van der Waals surface area (Å²) < 4.78 is 5.15. The fourth-order valence-electron chi connectivity index (χ4n) is 2.27. The minimum Gasteiger partial charge on any atom is -0.444 e. The molecule has 2 atom stereocenters. The van der Waals surface area contributed by atoms with Crippen LogP contribution < -0.4 is 5.32 Å². The molecule has 5 heteroatoms. The van der Waals surface area contributed by atoms with Gasteiger partial charge in [-0.1, -0.05) is 32.1 Å². The molecule has 1 rings (SSSR count). The lowest BCUT2D eigenvalue weighted by molar-refractivity contribution is 0.0451. The van der Waals surface area contributed by atoms with E-state index in [1.807, 2.05) is 0 Å². The predicted octanol–water partition coefficient (Wildman–Crippen LogP) is 2.73. The maximum Gasteiger partial charge on any atom is 0.407 e. The zero-order valence-electron chi connectivity index (χ0n) is 12.7. The molecule has 0 aromatic heterocycles. The summed E-state index contributed by atoms with van der Waals surface area (Å²) in [6.07, 6.45) is 4.71. The molecule has 1 saturated carbocycles. The number of hydrogen-bond acceptors (Lipinski definition) is 4. The van der Waals surface area contributed by atoms with Gasteiger partial charge in [-0.3, -0.25) is 0 Å². The fourth-order valence-corrected chi connectivity index (χ4v) is 2.27. The smallest absolute Gasteiger partial charge is 0.407 e. The molecular formula is C15H26N2O3. The van der Waals surface area contributed by atoms with Crippen molar-refractivity contribution in [3.8, 4) is 6.07 Å². The van der Waals surface area contributed by atoms with Crippen molar-refractivity contribution in [2.24, 2.45) is 5.92 Å². The molecule has 1 fully saturated rings. The third-order valence-corrected chi connectivity index (χ3v) is 3.57. The van der Waals surface area contributed by atoms with Gasteiger partial charge in [0.15, 0.2) is 6.10 Å². The van der Waals surface area contributed by atoms with Crippen molar-refractivity contribution in [2.45, 2.75) is 77.0 Å². The van der Waals surface area contributed by atoms with E-state index in [4.69, 9.17) is 10.00 Å². The molecule has 0 aromatic rings. The summed E-state index contributed by atoms with van der Waals surface area (Å²) >= 11 is 0. The Kier molecular flexibility index (Phi) is 6.28. The Hall–Kier alpha value is -1.28. The predicted molar refractivity (Wildman–Crippen MR) is 76.0 cm³/mol. The highest BCUT2D eigenvalue weighted by atomic mass is 16.6. The molecule has 5 nitrogen and oxygen atoms in total. The summed E-state index contributed by atoms with van der Waals surface area (Å²) in [7, 11) is 0. The third-order valence-electron chi connectivity index (χ3n) is 3.57. The lowest BCUT2D eigenvalue weighted by Crippen LogP contribution is -2.45. The van der Waals surface area contributed by atoms with Crippen LogP contribution in [0.3, 0.4) is 0 Å². The van der Waals surface area contributed by atoms with Crippen LogP contribution >= 0.6 is 0 Å². The van der Waals surface area contributed by atoms with Gasteiger partial charge in [-0.25, -0.2) is 4.79 Å². The Bertz CT molecular complexity index is 353. The molecule has 0 radical (unpaired) electrons. The van der Waals surface area contributed by atoms with Crippen LogP contribution in [0.2, 0.25) is 0 Å². The van der Waals surface area contributed by atoms with E-state index in [0.29, 0.717) is 6.42 Å². The highest BCUT2D eigenvalue weighted by Gasteiger charge is 2.25. The number of alkyl carbamates (subject to hydrolysis) is 1. The van der Waals surface area contributed by atoms with E-state index in [0.717, 1.165) is 18.8 Å². The molecule has 2 N–H and O–H groups in total. The maximum absolute atomic E-state index is 11.7. The second-order valence-corrected chi connectivity index (χ2v) is 6.55. The van der Waals surface area contributed by atoms with Crippen LogP contribution in [0.25, 0.3) is 0 Å².